The van der Waals surface area contributed by atoms with Gasteiger partial charge in [0.05, 0.1) is 0 Å². The lowest BCUT2D eigenvalue weighted by Crippen LogP contribution is -2.01. The van der Waals surface area contributed by atoms with E-state index in [4.69, 9.17) is 11.6 Å². The average molecular weight is 149 g/mol. The van der Waals surface area contributed by atoms with E-state index in [0.717, 1.165) is 12.8 Å². The summed E-state index contributed by atoms with van der Waals surface area (Å²) in [5.41, 5.74) is 0. The van der Waals surface area contributed by atoms with E-state index >= 15 is 0 Å². The molecule has 0 radical (unpaired) electrons. The molecule has 0 N–H and O–H groups in total. The fraction of sp³-hybridized carbons (Fsp3) is 0.857. The number of hydrogen-bond acceptors (Lipinski definition) is 1. The highest BCUT2D eigenvalue weighted by molar-refractivity contribution is 6.64. The van der Waals surface area contributed by atoms with Gasteiger partial charge in [-0.1, -0.05) is 20.3 Å². The molecule has 9 heavy (non-hydrogen) atoms. The van der Waals surface area contributed by atoms with Crippen LogP contribution in [0.15, 0.2) is 0 Å². The monoisotopic (exact) mass is 148 g/mol. The van der Waals surface area contributed by atoms with Crippen molar-refractivity contribution in [2.75, 3.05) is 0 Å². The molecule has 1 aliphatic rings. The maximum Gasteiger partial charge on any atom is 0.224 e. The van der Waals surface area contributed by atoms with Crippen molar-refractivity contribution < 1.29 is 4.79 Å². The van der Waals surface area contributed by atoms with Gasteiger partial charge in [0.2, 0.25) is 5.24 Å². The standard InChI is InChI=1S/C6H9ClO.CH4/c7-6(8)5-3-1-2-4-5;/h5H,1-4H2;1H4. The van der Waals surface area contributed by atoms with Crippen molar-refractivity contribution in [2.45, 2.75) is 33.1 Å². The van der Waals surface area contributed by atoms with Gasteiger partial charge in [0.1, 0.15) is 0 Å². The lowest BCUT2D eigenvalue weighted by molar-refractivity contribution is -0.114. The van der Waals surface area contributed by atoms with Crippen molar-refractivity contribution in [3.8, 4) is 0 Å². The SMILES string of the molecule is C.O=C(Cl)C1CCCC1. The molecule has 1 rings (SSSR count). The van der Waals surface area contributed by atoms with E-state index in [-0.39, 0.29) is 18.6 Å². The Hall–Kier alpha value is -0.0400. The van der Waals surface area contributed by atoms with Crippen LogP contribution in [0.2, 0.25) is 0 Å². The fourth-order valence-electron chi connectivity index (χ4n) is 1.15. The van der Waals surface area contributed by atoms with Gasteiger partial charge in [-0.3, -0.25) is 4.79 Å². The van der Waals surface area contributed by atoms with Gasteiger partial charge in [0, 0.05) is 5.92 Å². The highest BCUT2D eigenvalue weighted by Crippen LogP contribution is 2.26. The van der Waals surface area contributed by atoms with E-state index < -0.39 is 0 Å². The molecule has 54 valence electrons. The molecule has 0 amide bonds. The molecule has 1 fully saturated rings. The Morgan fingerprint density at radius 3 is 2.00 bits per heavy atom. The van der Waals surface area contributed by atoms with Crippen LogP contribution in [0.1, 0.15) is 33.1 Å². The van der Waals surface area contributed by atoms with Crippen LogP contribution in [0.3, 0.4) is 0 Å². The molecule has 0 heterocycles. The molecule has 1 saturated carbocycles. The maximum atomic E-state index is 10.4. The summed E-state index contributed by atoms with van der Waals surface area (Å²) in [5, 5.41) is -0.137. The van der Waals surface area contributed by atoms with E-state index in [0.29, 0.717) is 0 Å². The van der Waals surface area contributed by atoms with Gasteiger partial charge in [-0.05, 0) is 24.4 Å². The average Bonchev–Trinajstić information content (AvgIpc) is 2.12. The van der Waals surface area contributed by atoms with E-state index in [9.17, 15) is 4.79 Å². The van der Waals surface area contributed by atoms with Gasteiger partial charge in [-0.2, -0.15) is 0 Å². The first-order chi connectivity index (χ1) is 3.80. The van der Waals surface area contributed by atoms with Crippen LogP contribution < -0.4 is 0 Å². The zero-order valence-electron chi connectivity index (χ0n) is 4.69. The summed E-state index contributed by atoms with van der Waals surface area (Å²) in [4.78, 5) is 10.4. The number of carbonyl (C=O) groups excluding carboxylic acids is 1. The first-order valence-corrected chi connectivity index (χ1v) is 3.38. The zero-order valence-corrected chi connectivity index (χ0v) is 5.45. The Bertz CT molecular complexity index is 95.1. The summed E-state index contributed by atoms with van der Waals surface area (Å²) in [6.07, 6.45) is 4.40. The summed E-state index contributed by atoms with van der Waals surface area (Å²) >= 11 is 5.25. The minimum atomic E-state index is -0.137. The van der Waals surface area contributed by atoms with Crippen LogP contribution in [-0.4, -0.2) is 5.24 Å². The molecule has 2 heteroatoms. The van der Waals surface area contributed by atoms with Gasteiger partial charge < -0.3 is 0 Å². The number of rotatable bonds is 1. The third-order valence-electron chi connectivity index (χ3n) is 1.68. The Labute approximate surface area is 61.4 Å². The molecule has 1 aliphatic carbocycles. The highest BCUT2D eigenvalue weighted by atomic mass is 35.5. The van der Waals surface area contributed by atoms with Gasteiger partial charge in [0.25, 0.3) is 0 Å². The molecule has 1 nitrogen and oxygen atoms in total. The van der Waals surface area contributed by atoms with E-state index in [1.54, 1.807) is 0 Å². The first kappa shape index (κ1) is 8.96. The fourth-order valence-corrected chi connectivity index (χ4v) is 1.37. The van der Waals surface area contributed by atoms with Crippen LogP contribution in [0, 0.1) is 5.92 Å². The van der Waals surface area contributed by atoms with Crippen molar-refractivity contribution >= 4 is 16.8 Å². The Balaban J connectivity index is 0.000000640. The van der Waals surface area contributed by atoms with Crippen molar-refractivity contribution in [2.24, 2.45) is 5.92 Å². The molecule has 0 unspecified atom stereocenters. The van der Waals surface area contributed by atoms with E-state index in [1.807, 2.05) is 0 Å². The Morgan fingerprint density at radius 2 is 1.78 bits per heavy atom. The van der Waals surface area contributed by atoms with Crippen LogP contribution in [0.4, 0.5) is 0 Å². The van der Waals surface area contributed by atoms with Crippen LogP contribution in [0.25, 0.3) is 0 Å². The van der Waals surface area contributed by atoms with Gasteiger partial charge >= 0.3 is 0 Å². The second-order valence-electron chi connectivity index (χ2n) is 2.29. The van der Waals surface area contributed by atoms with Crippen molar-refractivity contribution in [3.63, 3.8) is 0 Å². The molecule has 0 saturated heterocycles. The molecule has 0 bridgehead atoms. The third kappa shape index (κ3) is 2.35. The highest BCUT2D eigenvalue weighted by Gasteiger charge is 2.20. The molecule has 0 spiro atoms. The summed E-state index contributed by atoms with van der Waals surface area (Å²) < 4.78 is 0. The number of carbonyl (C=O) groups is 1. The lowest BCUT2D eigenvalue weighted by atomic mass is 10.1. The quantitative estimate of drug-likeness (QED) is 0.523. The number of halogens is 1. The third-order valence-corrected chi connectivity index (χ3v) is 1.98. The first-order valence-electron chi connectivity index (χ1n) is 3.00. The van der Waals surface area contributed by atoms with E-state index in [2.05, 4.69) is 0 Å². The smallest absolute Gasteiger partial charge is 0.224 e. The molecular weight excluding hydrogens is 136 g/mol. The molecular formula is C7H13ClO. The van der Waals surface area contributed by atoms with E-state index in [1.165, 1.54) is 12.8 Å². The van der Waals surface area contributed by atoms with Crippen molar-refractivity contribution in [1.82, 2.24) is 0 Å². The maximum absolute atomic E-state index is 10.4. The molecule has 0 aromatic rings. The molecule has 0 aliphatic heterocycles. The normalized spacial score (nSPS) is 19.2. The van der Waals surface area contributed by atoms with Crippen LogP contribution in [0.5, 0.6) is 0 Å². The molecule has 0 aromatic carbocycles. The molecule has 0 atom stereocenters. The molecule has 0 aromatic heterocycles. The largest absolute Gasteiger partial charge is 0.281 e. The predicted octanol–water partition coefficient (Wildman–Crippen LogP) is 2.58. The summed E-state index contributed by atoms with van der Waals surface area (Å²) in [5.74, 6) is 0.191. The van der Waals surface area contributed by atoms with Gasteiger partial charge in [-0.15, -0.1) is 0 Å². The predicted molar refractivity (Wildman–Crippen MR) is 39.5 cm³/mol. The number of hydrogen-bond donors (Lipinski definition) is 0. The second kappa shape index (κ2) is 3.89. The summed E-state index contributed by atoms with van der Waals surface area (Å²) in [6, 6.07) is 0. The van der Waals surface area contributed by atoms with Crippen molar-refractivity contribution in [3.05, 3.63) is 0 Å². The van der Waals surface area contributed by atoms with Gasteiger partial charge in [-0.25, -0.2) is 0 Å². The Kier molecular flexibility index (Phi) is 3.87. The zero-order chi connectivity index (χ0) is 5.98. The minimum absolute atomic E-state index is 0. The Morgan fingerprint density at radius 1 is 1.33 bits per heavy atom. The van der Waals surface area contributed by atoms with Crippen LogP contribution >= 0.6 is 11.6 Å². The lowest BCUT2D eigenvalue weighted by Gasteiger charge is -1.96. The van der Waals surface area contributed by atoms with Crippen molar-refractivity contribution in [1.29, 1.82) is 0 Å². The summed E-state index contributed by atoms with van der Waals surface area (Å²) in [6.45, 7) is 0. The topological polar surface area (TPSA) is 17.1 Å². The minimum Gasteiger partial charge on any atom is -0.281 e. The van der Waals surface area contributed by atoms with Gasteiger partial charge in [0.15, 0.2) is 0 Å². The summed E-state index contributed by atoms with van der Waals surface area (Å²) in [7, 11) is 0. The van der Waals surface area contributed by atoms with Crippen LogP contribution in [-0.2, 0) is 4.79 Å². The second-order valence-corrected chi connectivity index (χ2v) is 2.66.